The molecular formula is C8H11N3O2. The van der Waals surface area contributed by atoms with E-state index in [1.165, 1.54) is 0 Å². The van der Waals surface area contributed by atoms with Gasteiger partial charge < -0.3 is 15.0 Å². The zero-order chi connectivity index (χ0) is 9.68. The van der Waals surface area contributed by atoms with Crippen LogP contribution in [0.2, 0.25) is 0 Å². The molecule has 1 heterocycles. The van der Waals surface area contributed by atoms with Gasteiger partial charge in [-0.05, 0) is 0 Å². The van der Waals surface area contributed by atoms with E-state index in [1.54, 1.807) is 7.11 Å². The summed E-state index contributed by atoms with van der Waals surface area (Å²) in [5.41, 5.74) is 5.64. The van der Waals surface area contributed by atoms with Gasteiger partial charge >= 0.3 is 0 Å². The SMILES string of the molecule is C#CCC(N)c1nc(COC)no1. The Bertz CT molecular complexity index is 303. The fourth-order valence-corrected chi connectivity index (χ4v) is 0.820. The molecule has 1 unspecified atom stereocenters. The minimum Gasteiger partial charge on any atom is -0.377 e. The van der Waals surface area contributed by atoms with Gasteiger partial charge in [0.1, 0.15) is 6.61 Å². The van der Waals surface area contributed by atoms with Crippen molar-refractivity contribution in [3.8, 4) is 12.3 Å². The van der Waals surface area contributed by atoms with Crippen molar-refractivity contribution in [3.63, 3.8) is 0 Å². The average Bonchev–Trinajstić information content (AvgIpc) is 2.54. The largest absolute Gasteiger partial charge is 0.377 e. The van der Waals surface area contributed by atoms with Gasteiger partial charge in [-0.15, -0.1) is 12.3 Å². The number of aromatic nitrogens is 2. The van der Waals surface area contributed by atoms with Crippen LogP contribution in [-0.2, 0) is 11.3 Å². The second-order valence-electron chi connectivity index (χ2n) is 2.50. The van der Waals surface area contributed by atoms with Crippen LogP contribution in [0.25, 0.3) is 0 Å². The molecule has 0 bridgehead atoms. The van der Waals surface area contributed by atoms with Gasteiger partial charge in [0.25, 0.3) is 0 Å². The first-order valence-corrected chi connectivity index (χ1v) is 3.78. The topological polar surface area (TPSA) is 74.2 Å². The van der Waals surface area contributed by atoms with Gasteiger partial charge in [0.2, 0.25) is 5.89 Å². The van der Waals surface area contributed by atoms with Gasteiger partial charge in [-0.1, -0.05) is 5.16 Å². The average molecular weight is 181 g/mol. The number of hydrogen-bond donors (Lipinski definition) is 1. The molecule has 0 amide bonds. The van der Waals surface area contributed by atoms with Crippen molar-refractivity contribution in [1.82, 2.24) is 10.1 Å². The smallest absolute Gasteiger partial charge is 0.244 e. The van der Waals surface area contributed by atoms with Gasteiger partial charge in [-0.3, -0.25) is 0 Å². The molecule has 5 heteroatoms. The van der Waals surface area contributed by atoms with E-state index in [4.69, 9.17) is 21.4 Å². The fraction of sp³-hybridized carbons (Fsp3) is 0.500. The van der Waals surface area contributed by atoms with Crippen LogP contribution in [0.1, 0.15) is 24.2 Å². The minimum atomic E-state index is -0.386. The number of nitrogens with zero attached hydrogens (tertiary/aromatic N) is 2. The van der Waals surface area contributed by atoms with E-state index in [1.807, 2.05) is 0 Å². The van der Waals surface area contributed by atoms with E-state index in [-0.39, 0.29) is 6.04 Å². The Hall–Kier alpha value is -1.38. The molecule has 1 aromatic heterocycles. The minimum absolute atomic E-state index is 0.312. The standard InChI is InChI=1S/C8H11N3O2/c1-3-4-6(9)8-10-7(5-12-2)11-13-8/h1,6H,4-5,9H2,2H3. The van der Waals surface area contributed by atoms with E-state index >= 15 is 0 Å². The highest BCUT2D eigenvalue weighted by atomic mass is 16.5. The second-order valence-corrected chi connectivity index (χ2v) is 2.50. The molecule has 0 aliphatic carbocycles. The van der Waals surface area contributed by atoms with Crippen LogP contribution in [0.5, 0.6) is 0 Å². The number of methoxy groups -OCH3 is 1. The van der Waals surface area contributed by atoms with Crippen LogP contribution in [0.4, 0.5) is 0 Å². The van der Waals surface area contributed by atoms with Crippen LogP contribution in [-0.4, -0.2) is 17.3 Å². The molecule has 1 rings (SSSR count). The Labute approximate surface area is 76.3 Å². The number of rotatable bonds is 4. The molecule has 0 fully saturated rings. The summed E-state index contributed by atoms with van der Waals surface area (Å²) in [6.45, 7) is 0.312. The molecule has 13 heavy (non-hydrogen) atoms. The monoisotopic (exact) mass is 181 g/mol. The van der Waals surface area contributed by atoms with Crippen LogP contribution < -0.4 is 5.73 Å². The van der Waals surface area contributed by atoms with E-state index in [0.717, 1.165) is 0 Å². The predicted molar refractivity (Wildman–Crippen MR) is 45.4 cm³/mol. The van der Waals surface area contributed by atoms with Crippen molar-refractivity contribution in [3.05, 3.63) is 11.7 Å². The summed E-state index contributed by atoms with van der Waals surface area (Å²) in [4.78, 5) is 4.00. The molecule has 1 atom stereocenters. The van der Waals surface area contributed by atoms with Crippen molar-refractivity contribution in [2.24, 2.45) is 5.73 Å². The summed E-state index contributed by atoms with van der Waals surface area (Å²) in [5.74, 6) is 3.25. The third-order valence-corrected chi connectivity index (χ3v) is 1.41. The Balaban J connectivity index is 2.63. The maximum atomic E-state index is 5.64. The maximum Gasteiger partial charge on any atom is 0.244 e. The molecule has 1 aromatic rings. The van der Waals surface area contributed by atoms with Gasteiger partial charge in [-0.2, -0.15) is 4.98 Å². The summed E-state index contributed by atoms with van der Waals surface area (Å²) >= 11 is 0. The third-order valence-electron chi connectivity index (χ3n) is 1.41. The number of hydrogen-bond acceptors (Lipinski definition) is 5. The van der Waals surface area contributed by atoms with Gasteiger partial charge in [0.05, 0.1) is 6.04 Å². The summed E-state index contributed by atoms with van der Waals surface area (Å²) < 4.78 is 9.68. The van der Waals surface area contributed by atoms with Crippen molar-refractivity contribution in [1.29, 1.82) is 0 Å². The Morgan fingerprint density at radius 1 is 1.77 bits per heavy atom. The number of ether oxygens (including phenoxy) is 1. The number of nitrogens with two attached hydrogens (primary N) is 1. The van der Waals surface area contributed by atoms with Crippen LogP contribution in [0.3, 0.4) is 0 Å². The molecular weight excluding hydrogens is 170 g/mol. The molecule has 0 aliphatic heterocycles. The number of terminal acetylenes is 1. The van der Waals surface area contributed by atoms with Gasteiger partial charge in [0, 0.05) is 13.5 Å². The first-order chi connectivity index (χ1) is 6.27. The summed E-state index contributed by atoms with van der Waals surface area (Å²) in [6, 6.07) is -0.386. The van der Waals surface area contributed by atoms with E-state index < -0.39 is 0 Å². The van der Waals surface area contributed by atoms with Crippen molar-refractivity contribution in [2.75, 3.05) is 7.11 Å². The second kappa shape index (κ2) is 4.60. The predicted octanol–water partition coefficient (Wildman–Crippen LogP) is 0.239. The van der Waals surface area contributed by atoms with E-state index in [9.17, 15) is 0 Å². The molecule has 0 radical (unpaired) electrons. The molecule has 0 aromatic carbocycles. The van der Waals surface area contributed by atoms with Gasteiger partial charge in [0.15, 0.2) is 5.82 Å². The first kappa shape index (κ1) is 9.71. The zero-order valence-electron chi connectivity index (χ0n) is 7.36. The lowest BCUT2D eigenvalue weighted by Crippen LogP contribution is -2.09. The molecule has 5 nitrogen and oxygen atoms in total. The van der Waals surface area contributed by atoms with Crippen LogP contribution in [0, 0.1) is 12.3 Å². The normalized spacial score (nSPS) is 12.4. The van der Waals surface area contributed by atoms with Crippen LogP contribution >= 0.6 is 0 Å². The summed E-state index contributed by atoms with van der Waals surface area (Å²) in [6.07, 6.45) is 5.47. The highest BCUT2D eigenvalue weighted by Gasteiger charge is 2.12. The maximum absolute atomic E-state index is 5.64. The first-order valence-electron chi connectivity index (χ1n) is 3.78. The fourth-order valence-electron chi connectivity index (χ4n) is 0.820. The lowest BCUT2D eigenvalue weighted by molar-refractivity contribution is 0.174. The van der Waals surface area contributed by atoms with E-state index in [2.05, 4.69) is 16.1 Å². The molecule has 0 saturated carbocycles. The summed E-state index contributed by atoms with van der Waals surface area (Å²) in [5, 5.41) is 3.65. The lowest BCUT2D eigenvalue weighted by atomic mass is 10.2. The summed E-state index contributed by atoms with van der Waals surface area (Å²) in [7, 11) is 1.55. The molecule has 0 spiro atoms. The van der Waals surface area contributed by atoms with Crippen molar-refractivity contribution in [2.45, 2.75) is 19.1 Å². The highest BCUT2D eigenvalue weighted by Crippen LogP contribution is 2.10. The quantitative estimate of drug-likeness (QED) is 0.673. The van der Waals surface area contributed by atoms with Crippen molar-refractivity contribution >= 4 is 0 Å². The molecule has 2 N–H and O–H groups in total. The molecule has 70 valence electrons. The van der Waals surface area contributed by atoms with Crippen LogP contribution in [0.15, 0.2) is 4.52 Å². The molecule has 0 saturated heterocycles. The molecule has 0 aliphatic rings. The highest BCUT2D eigenvalue weighted by molar-refractivity contribution is 4.97. The lowest BCUT2D eigenvalue weighted by Gasteiger charge is -1.98. The zero-order valence-corrected chi connectivity index (χ0v) is 7.36. The van der Waals surface area contributed by atoms with Crippen molar-refractivity contribution < 1.29 is 9.26 Å². The Kier molecular flexibility index (Phi) is 3.43. The Morgan fingerprint density at radius 3 is 3.15 bits per heavy atom. The van der Waals surface area contributed by atoms with E-state index in [0.29, 0.717) is 24.7 Å². The van der Waals surface area contributed by atoms with Gasteiger partial charge in [-0.25, -0.2) is 0 Å². The third kappa shape index (κ3) is 2.54. The Morgan fingerprint density at radius 2 is 2.54 bits per heavy atom.